The summed E-state index contributed by atoms with van der Waals surface area (Å²) in [6.07, 6.45) is -2.76. The van der Waals surface area contributed by atoms with Crippen LogP contribution in [-0.4, -0.2) is 49.0 Å². The molecule has 3 aromatic carbocycles. The molecule has 0 amide bonds. The summed E-state index contributed by atoms with van der Waals surface area (Å²) < 4.78 is 37.6. The molecule has 0 bridgehead atoms. The van der Waals surface area contributed by atoms with E-state index in [1.807, 2.05) is 101 Å². The summed E-state index contributed by atoms with van der Waals surface area (Å²) in [6, 6.07) is 5.60. The van der Waals surface area contributed by atoms with Crippen molar-refractivity contribution in [3.63, 3.8) is 0 Å². The zero-order chi connectivity index (χ0) is 55.3. The van der Waals surface area contributed by atoms with Gasteiger partial charge >= 0.3 is 35.5 Å². The minimum absolute atomic E-state index is 0.226. The second kappa shape index (κ2) is 20.4. The van der Waals surface area contributed by atoms with Crippen LogP contribution < -0.4 is 31.3 Å². The molecule has 15 nitrogen and oxygen atoms in total. The second-order valence-corrected chi connectivity index (χ2v) is 25.1. The fourth-order valence-electron chi connectivity index (χ4n) is 8.43. The Bertz CT molecular complexity index is 2610. The van der Waals surface area contributed by atoms with E-state index in [4.69, 9.17) is 28.4 Å². The van der Waals surface area contributed by atoms with Crippen molar-refractivity contribution in [1.29, 1.82) is 0 Å². The molecule has 0 N–H and O–H groups in total. The Balaban J connectivity index is 2.14. The van der Waals surface area contributed by atoms with Crippen LogP contribution in [-0.2, 0) is 50.1 Å². The Kier molecular flexibility index (Phi) is 16.6. The Morgan fingerprint density at radius 3 is 0.736 bits per heavy atom. The Morgan fingerprint density at radius 1 is 0.375 bits per heavy atom. The summed E-state index contributed by atoms with van der Waals surface area (Å²) >= 11 is 0. The van der Waals surface area contributed by atoms with Crippen LogP contribution in [0.2, 0.25) is 0 Å². The topological polar surface area (TPSA) is 173 Å². The average Bonchev–Trinajstić information content (AvgIpc) is 3.16. The highest BCUT2D eigenvalue weighted by molar-refractivity contribution is 5.69. The monoisotopic (exact) mass is 1000 g/mol. The number of aryl methyl sites for hydroxylation is 3. The van der Waals surface area contributed by atoms with Gasteiger partial charge in [-0.1, -0.05) is 80.5 Å². The molecule has 0 aliphatic rings. The molecule has 1 heterocycles. The third-order valence-electron chi connectivity index (χ3n) is 12.1. The van der Waals surface area contributed by atoms with Gasteiger partial charge in [-0.25, -0.2) is 42.5 Å². The summed E-state index contributed by atoms with van der Waals surface area (Å²) in [6.45, 7) is 43.2. The maximum Gasteiger partial charge on any atom is 0.514 e. The van der Waals surface area contributed by atoms with E-state index in [9.17, 15) is 14.4 Å². The number of hydrogen-bond acceptors (Lipinski definition) is 12. The van der Waals surface area contributed by atoms with Crippen LogP contribution in [0.15, 0.2) is 32.6 Å². The number of nitrogens with zero attached hydrogens (tertiary/aromatic N) is 3. The Hall–Kier alpha value is -6.12. The Morgan fingerprint density at radius 2 is 0.569 bits per heavy atom. The maximum atomic E-state index is 15.2. The molecule has 1 aromatic heterocycles. The zero-order valence-electron chi connectivity index (χ0n) is 47.6. The van der Waals surface area contributed by atoms with E-state index >= 15 is 14.4 Å². The highest BCUT2D eigenvalue weighted by Gasteiger charge is 2.32. The standard InChI is InChI=1S/C57H81N3O12/c1-31-25-40(52(7,8)9)43(67-49(64)70-55(16,17)18)34(4)37(31)28-58-46(61)59(29-38-32(2)26-41(53(10,11)12)44(35(38)5)68-50(65)71-56(19,20)21)48(63)60(47(58)62)30-39-33(3)27-42(54(13,14)15)45(36(39)6)69-51(66)72-57(22,23)24/h25-27H,28-30H2,1-24H3. The van der Waals surface area contributed by atoms with Crippen molar-refractivity contribution in [2.24, 2.45) is 0 Å². The molecule has 4 rings (SSSR count). The second-order valence-electron chi connectivity index (χ2n) is 25.1. The molecule has 396 valence electrons. The largest absolute Gasteiger partial charge is 0.514 e. The number of rotatable bonds is 9. The molecule has 0 radical (unpaired) electrons. The molecule has 0 unspecified atom stereocenters. The van der Waals surface area contributed by atoms with Gasteiger partial charge in [0.15, 0.2) is 0 Å². The number of aromatic nitrogens is 3. The first kappa shape index (κ1) is 58.5. The van der Waals surface area contributed by atoms with Gasteiger partial charge < -0.3 is 28.4 Å². The molecular weight excluding hydrogens is 919 g/mol. The molecule has 15 heteroatoms. The molecule has 0 atom stereocenters. The van der Waals surface area contributed by atoms with Crippen molar-refractivity contribution in [2.45, 2.75) is 219 Å². The van der Waals surface area contributed by atoms with Crippen molar-refractivity contribution in [2.75, 3.05) is 0 Å². The predicted molar refractivity (Wildman–Crippen MR) is 281 cm³/mol. The molecular formula is C57H81N3O12. The summed E-state index contributed by atoms with van der Waals surface area (Å²) in [5, 5.41) is 0. The number of benzene rings is 3. The van der Waals surface area contributed by atoms with Gasteiger partial charge in [0.05, 0.1) is 19.6 Å². The van der Waals surface area contributed by atoms with Crippen LogP contribution >= 0.6 is 0 Å². The lowest BCUT2D eigenvalue weighted by Gasteiger charge is -2.28. The minimum Gasteiger partial charge on any atom is -0.428 e. The summed E-state index contributed by atoms with van der Waals surface area (Å²) in [5.41, 5.74) is 0.326. The SMILES string of the molecule is Cc1cc(C(C)(C)C)c(OC(=O)OC(C)(C)C)c(C)c1Cn1c(=O)n(Cc2c(C)cc(C(C)(C)C)c(OC(=O)OC(C)(C)C)c2C)c(=O)n(Cc2c(C)cc(C(C)(C)C)c(OC(=O)OC(C)(C)C)c2C)c1=O. The summed E-state index contributed by atoms with van der Waals surface area (Å²) in [4.78, 5) is 85.4. The van der Waals surface area contributed by atoms with Gasteiger partial charge in [-0.3, -0.25) is 0 Å². The normalized spacial score (nSPS) is 12.7. The Labute approximate surface area is 426 Å². The predicted octanol–water partition coefficient (Wildman–Crippen LogP) is 12.0. The van der Waals surface area contributed by atoms with Gasteiger partial charge in [0.25, 0.3) is 0 Å². The first-order valence-electron chi connectivity index (χ1n) is 24.5. The smallest absolute Gasteiger partial charge is 0.428 e. The fraction of sp³-hybridized carbons (Fsp3) is 0.579. The highest BCUT2D eigenvalue weighted by Crippen LogP contribution is 2.41. The quantitative estimate of drug-likeness (QED) is 0.0883. The van der Waals surface area contributed by atoms with Crippen LogP contribution in [0.3, 0.4) is 0 Å². The van der Waals surface area contributed by atoms with E-state index < -0.39 is 68.6 Å². The molecule has 0 aliphatic carbocycles. The molecule has 4 aromatic rings. The summed E-state index contributed by atoms with van der Waals surface area (Å²) in [7, 11) is 0. The molecule has 0 aliphatic heterocycles. The fourth-order valence-corrected chi connectivity index (χ4v) is 8.43. The van der Waals surface area contributed by atoms with Crippen LogP contribution in [0.1, 0.15) is 191 Å². The highest BCUT2D eigenvalue weighted by atomic mass is 16.7. The van der Waals surface area contributed by atoms with Crippen molar-refractivity contribution in [3.8, 4) is 17.2 Å². The van der Waals surface area contributed by atoms with Gasteiger partial charge in [-0.05, 0) is 170 Å². The third kappa shape index (κ3) is 13.9. The number of carbonyl (C=O) groups excluding carboxylic acids is 3. The number of carbonyl (C=O) groups is 3. The lowest BCUT2D eigenvalue weighted by atomic mass is 9.82. The van der Waals surface area contributed by atoms with E-state index in [0.717, 1.165) is 13.7 Å². The van der Waals surface area contributed by atoms with Gasteiger partial charge in [0.1, 0.15) is 34.1 Å². The first-order chi connectivity index (χ1) is 32.4. The number of hydrogen-bond donors (Lipinski definition) is 0. The van der Waals surface area contributed by atoms with Gasteiger partial charge in [0.2, 0.25) is 0 Å². The van der Waals surface area contributed by atoms with Crippen LogP contribution in [0, 0.1) is 41.5 Å². The average molecular weight is 1000 g/mol. The first-order valence-corrected chi connectivity index (χ1v) is 24.5. The van der Waals surface area contributed by atoms with Crippen molar-refractivity contribution in [3.05, 3.63) is 116 Å². The molecule has 0 saturated heterocycles. The molecule has 72 heavy (non-hydrogen) atoms. The van der Waals surface area contributed by atoms with E-state index in [1.54, 1.807) is 83.1 Å². The lowest BCUT2D eigenvalue weighted by Crippen LogP contribution is -2.55. The minimum atomic E-state index is -0.921. The molecule has 0 fully saturated rings. The van der Waals surface area contributed by atoms with Gasteiger partial charge in [0, 0.05) is 16.7 Å². The maximum absolute atomic E-state index is 15.2. The van der Waals surface area contributed by atoms with E-state index in [-0.39, 0.29) is 36.9 Å². The van der Waals surface area contributed by atoms with Crippen LogP contribution in [0.5, 0.6) is 17.2 Å². The van der Waals surface area contributed by atoms with E-state index in [2.05, 4.69) is 0 Å². The zero-order valence-corrected chi connectivity index (χ0v) is 47.6. The third-order valence-corrected chi connectivity index (χ3v) is 12.1. The molecule has 0 saturated carbocycles. The van der Waals surface area contributed by atoms with Gasteiger partial charge in [-0.2, -0.15) is 0 Å². The lowest BCUT2D eigenvalue weighted by molar-refractivity contribution is 0.0188. The van der Waals surface area contributed by atoms with Gasteiger partial charge in [-0.15, -0.1) is 0 Å². The van der Waals surface area contributed by atoms with Crippen molar-refractivity contribution >= 4 is 18.5 Å². The van der Waals surface area contributed by atoms with Crippen LogP contribution in [0.4, 0.5) is 14.4 Å². The van der Waals surface area contributed by atoms with Crippen LogP contribution in [0.25, 0.3) is 0 Å². The van der Waals surface area contributed by atoms with Crippen molar-refractivity contribution < 1.29 is 42.8 Å². The van der Waals surface area contributed by atoms with E-state index in [0.29, 0.717) is 66.8 Å². The summed E-state index contributed by atoms with van der Waals surface area (Å²) in [5.74, 6) is 0.679. The van der Waals surface area contributed by atoms with E-state index in [1.165, 1.54) is 0 Å². The number of ether oxygens (including phenoxy) is 6. The molecule has 0 spiro atoms. The van der Waals surface area contributed by atoms with Crippen molar-refractivity contribution in [1.82, 2.24) is 13.7 Å².